The number of carboxylic acid groups (broad SMARTS) is 1. The molecule has 0 saturated carbocycles. The molecule has 0 fully saturated rings. The molecule has 1 atom stereocenters. The third-order valence-corrected chi connectivity index (χ3v) is 4.18. The summed E-state index contributed by atoms with van der Waals surface area (Å²) in [4.78, 5) is 11.4. The van der Waals surface area contributed by atoms with E-state index in [1.165, 1.54) is 0 Å². The zero-order valence-corrected chi connectivity index (χ0v) is 12.4. The zero-order chi connectivity index (χ0) is 15.7. The molecule has 0 amide bonds. The summed E-state index contributed by atoms with van der Waals surface area (Å²) in [6, 6.07) is 7.33. The molecule has 1 aromatic heterocycles. The number of aliphatic hydroxyl groups excluding tert-OH is 1. The van der Waals surface area contributed by atoms with Crippen molar-refractivity contribution >= 4 is 11.5 Å². The van der Waals surface area contributed by atoms with Gasteiger partial charge in [-0.3, -0.25) is 0 Å². The Morgan fingerprint density at radius 1 is 1.41 bits per heavy atom. The van der Waals surface area contributed by atoms with Crippen molar-refractivity contribution < 1.29 is 19.4 Å². The van der Waals surface area contributed by atoms with Crippen molar-refractivity contribution in [2.24, 2.45) is 0 Å². The number of furan rings is 1. The highest BCUT2D eigenvalue weighted by molar-refractivity contribution is 5.91. The lowest BCUT2D eigenvalue weighted by molar-refractivity contribution is 0.0695. The number of aromatic carboxylic acids is 1. The van der Waals surface area contributed by atoms with E-state index in [9.17, 15) is 15.0 Å². The second-order valence-corrected chi connectivity index (χ2v) is 5.59. The second-order valence-electron chi connectivity index (χ2n) is 5.59. The second kappa shape index (κ2) is 5.81. The van der Waals surface area contributed by atoms with E-state index in [0.29, 0.717) is 18.4 Å². The first-order valence-electron chi connectivity index (χ1n) is 7.34. The molecule has 114 valence electrons. The summed E-state index contributed by atoms with van der Waals surface area (Å²) in [5.41, 5.74) is 3.60. The highest BCUT2D eigenvalue weighted by atomic mass is 16.4. The first-order valence-corrected chi connectivity index (χ1v) is 7.34. The van der Waals surface area contributed by atoms with Gasteiger partial charge >= 0.3 is 5.97 Å². The summed E-state index contributed by atoms with van der Waals surface area (Å²) in [5.74, 6) is -0.0288. The summed E-state index contributed by atoms with van der Waals surface area (Å²) < 4.78 is 5.42. The van der Waals surface area contributed by atoms with Crippen LogP contribution < -0.4 is 0 Å². The predicted octanol–water partition coefficient (Wildman–Crippen LogP) is 3.22. The van der Waals surface area contributed by atoms with Crippen molar-refractivity contribution in [1.82, 2.24) is 0 Å². The molecule has 22 heavy (non-hydrogen) atoms. The van der Waals surface area contributed by atoms with Gasteiger partial charge in [0.2, 0.25) is 0 Å². The summed E-state index contributed by atoms with van der Waals surface area (Å²) in [6.45, 7) is 1.80. The third-order valence-electron chi connectivity index (χ3n) is 4.18. The Bertz CT molecular complexity index is 739. The van der Waals surface area contributed by atoms with Gasteiger partial charge in [-0.25, -0.2) is 4.79 Å². The molecule has 0 bridgehead atoms. The lowest BCUT2D eigenvalue weighted by Gasteiger charge is -2.20. The maximum atomic E-state index is 11.4. The van der Waals surface area contributed by atoms with Crippen LogP contribution in [0.1, 0.15) is 39.2 Å². The van der Waals surface area contributed by atoms with Gasteiger partial charge in [-0.05, 0) is 42.5 Å². The van der Waals surface area contributed by atoms with Crippen molar-refractivity contribution in [3.63, 3.8) is 0 Å². The Hall–Kier alpha value is -2.33. The molecular formula is C18H18O4. The molecule has 4 heteroatoms. The van der Waals surface area contributed by atoms with Crippen LogP contribution in [0.5, 0.6) is 0 Å². The van der Waals surface area contributed by atoms with Crippen LogP contribution in [0.3, 0.4) is 0 Å². The van der Waals surface area contributed by atoms with Crippen LogP contribution in [-0.4, -0.2) is 22.3 Å². The minimum absolute atomic E-state index is 0.345. The number of hydrogen-bond acceptors (Lipinski definition) is 3. The molecular weight excluding hydrogens is 280 g/mol. The molecule has 0 spiro atoms. The van der Waals surface area contributed by atoms with E-state index in [-0.39, 0.29) is 0 Å². The van der Waals surface area contributed by atoms with Gasteiger partial charge in [-0.15, -0.1) is 0 Å². The molecule has 1 unspecified atom stereocenters. The van der Waals surface area contributed by atoms with Crippen LogP contribution in [0, 0.1) is 6.92 Å². The Balaban J connectivity index is 1.96. The molecule has 1 aromatic carbocycles. The van der Waals surface area contributed by atoms with Crippen molar-refractivity contribution in [1.29, 1.82) is 0 Å². The number of aliphatic hydroxyl groups is 1. The first kappa shape index (κ1) is 14.6. The normalized spacial score (nSPS) is 19.2. The van der Waals surface area contributed by atoms with Gasteiger partial charge in [0.15, 0.2) is 0 Å². The van der Waals surface area contributed by atoms with Crippen LogP contribution in [0.15, 0.2) is 41.0 Å². The van der Waals surface area contributed by atoms with E-state index in [0.717, 1.165) is 34.4 Å². The van der Waals surface area contributed by atoms with E-state index in [1.807, 2.05) is 24.3 Å². The molecule has 0 aliphatic heterocycles. The Labute approximate surface area is 128 Å². The van der Waals surface area contributed by atoms with Gasteiger partial charge in [0.25, 0.3) is 0 Å². The molecule has 0 radical (unpaired) electrons. The van der Waals surface area contributed by atoms with E-state index < -0.39 is 12.1 Å². The van der Waals surface area contributed by atoms with Crippen LogP contribution in [-0.2, 0) is 12.8 Å². The fourth-order valence-electron chi connectivity index (χ4n) is 3.06. The summed E-state index contributed by atoms with van der Waals surface area (Å²) in [7, 11) is 0. The highest BCUT2D eigenvalue weighted by Gasteiger charge is 2.24. The fraction of sp³-hybridized carbons (Fsp3) is 0.278. The molecule has 4 nitrogen and oxygen atoms in total. The average Bonchev–Trinajstić information content (AvgIpc) is 2.94. The molecule has 2 N–H and O–H groups in total. The van der Waals surface area contributed by atoms with Gasteiger partial charge in [0.1, 0.15) is 5.76 Å². The number of rotatable bonds is 3. The average molecular weight is 298 g/mol. The zero-order valence-electron chi connectivity index (χ0n) is 12.4. The first-order chi connectivity index (χ1) is 10.6. The van der Waals surface area contributed by atoms with Gasteiger partial charge in [-0.1, -0.05) is 24.3 Å². The number of aryl methyl sites for hydroxylation is 2. The highest BCUT2D eigenvalue weighted by Crippen LogP contribution is 2.32. The minimum Gasteiger partial charge on any atom is -0.478 e. The van der Waals surface area contributed by atoms with Crippen LogP contribution in [0.25, 0.3) is 5.57 Å². The Morgan fingerprint density at radius 2 is 2.23 bits per heavy atom. The van der Waals surface area contributed by atoms with Crippen LogP contribution in [0.4, 0.5) is 0 Å². The quantitative estimate of drug-likeness (QED) is 0.912. The van der Waals surface area contributed by atoms with Gasteiger partial charge in [0, 0.05) is 12.0 Å². The summed E-state index contributed by atoms with van der Waals surface area (Å²) >= 11 is 0. The number of hydrogen-bond donors (Lipinski definition) is 2. The molecule has 1 heterocycles. The number of carboxylic acids is 1. The topological polar surface area (TPSA) is 70.7 Å². The lowest BCUT2D eigenvalue weighted by Crippen LogP contribution is -2.16. The number of allylic oxidation sites excluding steroid dienone is 1. The molecule has 3 rings (SSSR count). The number of carbonyl (C=O) groups is 1. The van der Waals surface area contributed by atoms with Crippen molar-refractivity contribution in [2.75, 3.05) is 0 Å². The molecule has 2 aromatic rings. The number of benzene rings is 1. The monoisotopic (exact) mass is 298 g/mol. The lowest BCUT2D eigenvalue weighted by atomic mass is 9.88. The van der Waals surface area contributed by atoms with Crippen LogP contribution in [0.2, 0.25) is 0 Å². The maximum Gasteiger partial charge on any atom is 0.336 e. The molecule has 1 aliphatic rings. The van der Waals surface area contributed by atoms with E-state index in [2.05, 4.69) is 0 Å². The van der Waals surface area contributed by atoms with Crippen LogP contribution >= 0.6 is 0 Å². The summed E-state index contributed by atoms with van der Waals surface area (Å²) in [6.07, 6.45) is 4.85. The van der Waals surface area contributed by atoms with Gasteiger partial charge < -0.3 is 14.6 Å². The number of fused-ring (bicyclic) bond motifs is 1. The predicted molar refractivity (Wildman–Crippen MR) is 82.9 cm³/mol. The molecule has 0 saturated heterocycles. The van der Waals surface area contributed by atoms with Gasteiger partial charge in [-0.2, -0.15) is 0 Å². The minimum atomic E-state index is -0.917. The van der Waals surface area contributed by atoms with Gasteiger partial charge in [0.05, 0.1) is 17.9 Å². The van der Waals surface area contributed by atoms with E-state index in [4.69, 9.17) is 4.42 Å². The van der Waals surface area contributed by atoms with E-state index in [1.54, 1.807) is 19.3 Å². The maximum absolute atomic E-state index is 11.4. The standard InChI is InChI=1S/C18H18O4/c1-11-3-2-4-12(17(11)18(20)21)5-6-13-14-9-10-22-16(14)8-7-15(13)19/h2-4,6,9-10,15,19H,5,7-8H2,1H3,(H,20,21). The van der Waals surface area contributed by atoms with Crippen molar-refractivity contribution in [3.8, 4) is 0 Å². The SMILES string of the molecule is Cc1cccc(CC=C2c3ccoc3CCC2O)c1C(=O)O. The fourth-order valence-corrected chi connectivity index (χ4v) is 3.06. The Morgan fingerprint density at radius 3 is 3.00 bits per heavy atom. The third kappa shape index (κ3) is 2.57. The molecule has 1 aliphatic carbocycles. The summed E-state index contributed by atoms with van der Waals surface area (Å²) in [5, 5.41) is 19.6. The van der Waals surface area contributed by atoms with Crippen molar-refractivity contribution in [2.45, 2.75) is 32.3 Å². The van der Waals surface area contributed by atoms with Crippen molar-refractivity contribution in [3.05, 3.63) is 64.6 Å². The largest absolute Gasteiger partial charge is 0.478 e. The van der Waals surface area contributed by atoms with E-state index >= 15 is 0 Å². The smallest absolute Gasteiger partial charge is 0.336 e. The Kier molecular flexibility index (Phi) is 3.86.